The van der Waals surface area contributed by atoms with Gasteiger partial charge in [0.25, 0.3) is 5.91 Å². The van der Waals surface area contributed by atoms with Crippen molar-refractivity contribution in [1.82, 2.24) is 4.90 Å². The highest BCUT2D eigenvalue weighted by atomic mass is 16.2. The van der Waals surface area contributed by atoms with Gasteiger partial charge in [0, 0.05) is 19.7 Å². The summed E-state index contributed by atoms with van der Waals surface area (Å²) in [6.45, 7) is 3.79. The summed E-state index contributed by atoms with van der Waals surface area (Å²) in [5.74, 6) is 0.0240. The largest absolute Gasteiger partial charge is 0.345 e. The highest BCUT2D eigenvalue weighted by molar-refractivity contribution is 6.00. The molecule has 0 fully saturated rings. The molecule has 0 spiro atoms. The highest BCUT2D eigenvalue weighted by Gasteiger charge is 2.08. The van der Waals surface area contributed by atoms with E-state index in [1.807, 2.05) is 42.5 Å². The van der Waals surface area contributed by atoms with E-state index in [0.717, 1.165) is 16.3 Å². The number of nitrogens with zero attached hydrogens (tertiary/aromatic N) is 1. The minimum Gasteiger partial charge on any atom is -0.345 e. The van der Waals surface area contributed by atoms with Crippen LogP contribution in [0, 0.1) is 0 Å². The molecule has 2 aromatic rings. The fourth-order valence-corrected chi connectivity index (χ4v) is 1.88. The first-order chi connectivity index (χ1) is 8.13. The van der Waals surface area contributed by atoms with Crippen LogP contribution in [0.5, 0.6) is 0 Å². The number of carbonyl (C=O) groups is 1. The maximum absolute atomic E-state index is 11.8. The number of hydrogen-bond acceptors (Lipinski definition) is 1. The van der Waals surface area contributed by atoms with Crippen molar-refractivity contribution < 1.29 is 4.79 Å². The lowest BCUT2D eigenvalue weighted by atomic mass is 10.0. The zero-order chi connectivity index (χ0) is 12.4. The molecule has 0 N–H and O–H groups in total. The summed E-state index contributed by atoms with van der Waals surface area (Å²) in [6, 6.07) is 11.8. The van der Waals surface area contributed by atoms with Gasteiger partial charge in [-0.1, -0.05) is 36.9 Å². The molecule has 0 saturated carbocycles. The van der Waals surface area contributed by atoms with Crippen LogP contribution < -0.4 is 0 Å². The molecule has 0 saturated heterocycles. The van der Waals surface area contributed by atoms with Gasteiger partial charge in [0.05, 0.1) is 0 Å². The molecule has 17 heavy (non-hydrogen) atoms. The predicted molar refractivity (Wildman–Crippen MR) is 72.1 cm³/mol. The molecule has 0 heterocycles. The van der Waals surface area contributed by atoms with Gasteiger partial charge in [0.2, 0.25) is 0 Å². The number of carbonyl (C=O) groups excluding carboxylic acids is 1. The molecule has 0 aromatic heterocycles. The quantitative estimate of drug-likeness (QED) is 0.768. The predicted octanol–water partition coefficient (Wildman–Crippen LogP) is 3.18. The average Bonchev–Trinajstić information content (AvgIpc) is 2.36. The van der Waals surface area contributed by atoms with Crippen molar-refractivity contribution in [3.05, 3.63) is 54.1 Å². The van der Waals surface area contributed by atoms with Crippen LogP contribution in [0.15, 0.2) is 43.0 Å². The van der Waals surface area contributed by atoms with Crippen LogP contribution in [0.4, 0.5) is 0 Å². The Balaban J connectivity index is 2.59. The molecule has 0 aliphatic rings. The first-order valence-corrected chi connectivity index (χ1v) is 5.50. The van der Waals surface area contributed by atoms with Crippen LogP contribution in [0.1, 0.15) is 15.9 Å². The summed E-state index contributed by atoms with van der Waals surface area (Å²) in [4.78, 5) is 13.4. The Morgan fingerprint density at radius 1 is 1.24 bits per heavy atom. The topological polar surface area (TPSA) is 20.3 Å². The number of amides is 1. The summed E-state index contributed by atoms with van der Waals surface area (Å²) in [7, 11) is 3.51. The Kier molecular flexibility index (Phi) is 2.96. The maximum atomic E-state index is 11.8. The fraction of sp³-hybridized carbons (Fsp3) is 0.133. The van der Waals surface area contributed by atoms with E-state index in [4.69, 9.17) is 0 Å². The normalized spacial score (nSPS) is 10.2. The molecule has 86 valence electrons. The van der Waals surface area contributed by atoms with Crippen molar-refractivity contribution in [1.29, 1.82) is 0 Å². The van der Waals surface area contributed by atoms with Crippen LogP contribution >= 0.6 is 0 Å². The molecule has 0 aliphatic carbocycles. The molecule has 0 atom stereocenters. The Labute approximate surface area is 101 Å². The minimum atomic E-state index is 0.0240. The number of hydrogen-bond donors (Lipinski definition) is 0. The minimum absolute atomic E-state index is 0.0240. The van der Waals surface area contributed by atoms with Crippen LogP contribution in [0.2, 0.25) is 0 Å². The number of fused-ring (bicyclic) bond motifs is 1. The van der Waals surface area contributed by atoms with Gasteiger partial charge in [-0.15, -0.1) is 0 Å². The molecule has 1 amide bonds. The monoisotopic (exact) mass is 225 g/mol. The van der Waals surface area contributed by atoms with E-state index in [9.17, 15) is 4.79 Å². The third kappa shape index (κ3) is 2.07. The highest BCUT2D eigenvalue weighted by Crippen LogP contribution is 2.21. The molecular formula is C15H15NO. The van der Waals surface area contributed by atoms with Crippen molar-refractivity contribution in [2.75, 3.05) is 14.1 Å². The zero-order valence-corrected chi connectivity index (χ0v) is 10.1. The molecule has 0 radical (unpaired) electrons. The van der Waals surface area contributed by atoms with Gasteiger partial charge in [-0.25, -0.2) is 0 Å². The Morgan fingerprint density at radius 2 is 2.00 bits per heavy atom. The van der Waals surface area contributed by atoms with Gasteiger partial charge < -0.3 is 4.90 Å². The van der Waals surface area contributed by atoms with Crippen molar-refractivity contribution >= 4 is 22.8 Å². The Morgan fingerprint density at radius 3 is 2.65 bits per heavy atom. The standard InChI is InChI=1S/C15H15NO/c1-4-11-6-5-7-12-10-13(8-9-14(11)12)15(17)16(2)3/h4-10H,1H2,2-3H3. The van der Waals surface area contributed by atoms with Gasteiger partial charge >= 0.3 is 0 Å². The van der Waals surface area contributed by atoms with Gasteiger partial charge in [0.1, 0.15) is 0 Å². The Bertz CT molecular complexity index is 584. The summed E-state index contributed by atoms with van der Waals surface area (Å²) < 4.78 is 0. The molecule has 0 unspecified atom stereocenters. The second-order valence-corrected chi connectivity index (χ2v) is 4.19. The third-order valence-corrected chi connectivity index (χ3v) is 2.79. The lowest BCUT2D eigenvalue weighted by Gasteiger charge is -2.11. The average molecular weight is 225 g/mol. The molecule has 2 heteroatoms. The SMILES string of the molecule is C=Cc1cccc2cc(C(=O)N(C)C)ccc12. The van der Waals surface area contributed by atoms with E-state index in [-0.39, 0.29) is 5.91 Å². The molecule has 2 aromatic carbocycles. The van der Waals surface area contributed by atoms with E-state index in [1.54, 1.807) is 19.0 Å². The van der Waals surface area contributed by atoms with Crippen molar-refractivity contribution in [2.24, 2.45) is 0 Å². The first-order valence-electron chi connectivity index (χ1n) is 5.50. The summed E-state index contributed by atoms with van der Waals surface area (Å²) in [6.07, 6.45) is 1.83. The molecule has 0 aliphatic heterocycles. The van der Waals surface area contributed by atoms with Crippen molar-refractivity contribution in [2.45, 2.75) is 0 Å². The van der Waals surface area contributed by atoms with Crippen LogP contribution in [0.3, 0.4) is 0 Å². The van der Waals surface area contributed by atoms with E-state index >= 15 is 0 Å². The summed E-state index contributed by atoms with van der Waals surface area (Å²) in [5.41, 5.74) is 1.80. The Hall–Kier alpha value is -2.09. The van der Waals surface area contributed by atoms with Crippen molar-refractivity contribution in [3.8, 4) is 0 Å². The fourth-order valence-electron chi connectivity index (χ4n) is 1.88. The van der Waals surface area contributed by atoms with E-state index < -0.39 is 0 Å². The number of rotatable bonds is 2. The second kappa shape index (κ2) is 4.42. The van der Waals surface area contributed by atoms with Gasteiger partial charge in [0.15, 0.2) is 0 Å². The molecule has 2 nitrogen and oxygen atoms in total. The summed E-state index contributed by atoms with van der Waals surface area (Å²) in [5, 5.41) is 2.19. The molecule has 0 bridgehead atoms. The lowest BCUT2D eigenvalue weighted by molar-refractivity contribution is 0.0828. The van der Waals surface area contributed by atoms with Crippen molar-refractivity contribution in [3.63, 3.8) is 0 Å². The van der Waals surface area contributed by atoms with Gasteiger partial charge in [-0.05, 0) is 28.5 Å². The maximum Gasteiger partial charge on any atom is 0.253 e. The summed E-state index contributed by atoms with van der Waals surface area (Å²) >= 11 is 0. The van der Waals surface area contributed by atoms with Crippen LogP contribution in [-0.4, -0.2) is 24.9 Å². The van der Waals surface area contributed by atoms with Crippen LogP contribution in [-0.2, 0) is 0 Å². The van der Waals surface area contributed by atoms with E-state index in [1.165, 1.54) is 0 Å². The second-order valence-electron chi connectivity index (χ2n) is 4.19. The molecule has 2 rings (SSSR count). The van der Waals surface area contributed by atoms with Gasteiger partial charge in [-0.3, -0.25) is 4.79 Å². The van der Waals surface area contributed by atoms with E-state index in [0.29, 0.717) is 5.56 Å². The van der Waals surface area contributed by atoms with Gasteiger partial charge in [-0.2, -0.15) is 0 Å². The van der Waals surface area contributed by atoms with E-state index in [2.05, 4.69) is 6.58 Å². The first kappa shape index (κ1) is 11.4. The molecular weight excluding hydrogens is 210 g/mol. The smallest absolute Gasteiger partial charge is 0.253 e. The van der Waals surface area contributed by atoms with Crippen LogP contribution in [0.25, 0.3) is 16.8 Å². The zero-order valence-electron chi connectivity index (χ0n) is 10.1. The number of benzene rings is 2. The lowest BCUT2D eigenvalue weighted by Crippen LogP contribution is -2.21. The third-order valence-electron chi connectivity index (χ3n) is 2.79.